The molecule has 0 amide bonds. The second kappa shape index (κ2) is 5.69. The molecule has 2 rings (SSSR count). The third-order valence-electron chi connectivity index (χ3n) is 2.44. The lowest BCUT2D eigenvalue weighted by Crippen LogP contribution is -2.03. The molecule has 1 atom stereocenters. The van der Waals surface area contributed by atoms with Gasteiger partial charge in [0.25, 0.3) is 0 Å². The average molecular weight is 396 g/mol. The van der Waals surface area contributed by atoms with Crippen LogP contribution in [0.1, 0.15) is 16.5 Å². The minimum atomic E-state index is -1.05. The van der Waals surface area contributed by atoms with Crippen molar-refractivity contribution >= 4 is 43.2 Å². The molecule has 0 bridgehead atoms. The van der Waals surface area contributed by atoms with Crippen molar-refractivity contribution in [1.29, 1.82) is 0 Å². The molecule has 2 nitrogen and oxygen atoms in total. The highest BCUT2D eigenvalue weighted by molar-refractivity contribution is 9.13. The Kier molecular flexibility index (Phi) is 4.42. The number of aliphatic hydroxyl groups excluding tert-OH is 1. The van der Waals surface area contributed by atoms with Gasteiger partial charge in [0.15, 0.2) is 0 Å². The fraction of sp³-hybridized carbons (Fsp3) is 0.167. The lowest BCUT2D eigenvalue weighted by molar-refractivity contribution is 0.212. The maximum atomic E-state index is 13.8. The quantitative estimate of drug-likeness (QED) is 0.828. The van der Waals surface area contributed by atoms with Gasteiger partial charge in [-0.3, -0.25) is 0 Å². The zero-order valence-electron chi connectivity index (χ0n) is 9.28. The smallest absolute Gasteiger partial charge is 0.133 e. The summed E-state index contributed by atoms with van der Waals surface area (Å²) in [6.45, 7) is 0. The first-order chi connectivity index (χ1) is 8.54. The normalized spacial score (nSPS) is 12.5. The number of halogens is 3. The minimum absolute atomic E-state index is 0.154. The Morgan fingerprint density at radius 1 is 1.39 bits per heavy atom. The number of hydrogen-bond donors (Lipinski definition) is 1. The zero-order valence-corrected chi connectivity index (χ0v) is 13.3. The molecule has 1 aromatic carbocycles. The van der Waals surface area contributed by atoms with E-state index in [1.54, 1.807) is 18.2 Å². The zero-order chi connectivity index (χ0) is 13.3. The van der Waals surface area contributed by atoms with Crippen LogP contribution < -0.4 is 4.74 Å². The topological polar surface area (TPSA) is 29.5 Å². The van der Waals surface area contributed by atoms with E-state index >= 15 is 0 Å². The first-order valence-electron chi connectivity index (χ1n) is 4.99. The predicted octanol–water partition coefficient (Wildman–Crippen LogP) is 4.50. The Morgan fingerprint density at radius 3 is 2.67 bits per heavy atom. The maximum Gasteiger partial charge on any atom is 0.133 e. The van der Waals surface area contributed by atoms with Gasteiger partial charge in [-0.15, -0.1) is 11.3 Å². The first-order valence-corrected chi connectivity index (χ1v) is 7.40. The molecule has 1 aromatic heterocycles. The fourth-order valence-corrected chi connectivity index (χ4v) is 3.69. The molecule has 18 heavy (non-hydrogen) atoms. The van der Waals surface area contributed by atoms with Crippen molar-refractivity contribution in [3.05, 3.63) is 48.8 Å². The van der Waals surface area contributed by atoms with Gasteiger partial charge in [-0.1, -0.05) is 6.07 Å². The molecular formula is C12H9Br2FO2S. The van der Waals surface area contributed by atoms with Crippen molar-refractivity contribution < 1.29 is 14.2 Å². The van der Waals surface area contributed by atoms with Gasteiger partial charge in [-0.2, -0.15) is 0 Å². The summed E-state index contributed by atoms with van der Waals surface area (Å²) in [4.78, 5) is 0.636. The van der Waals surface area contributed by atoms with E-state index in [1.165, 1.54) is 24.5 Å². The Bertz CT molecular complexity index is 552. The SMILES string of the molecule is COc1cccc(F)c1C(O)c1cc(Br)c(Br)s1. The van der Waals surface area contributed by atoms with Gasteiger partial charge in [0.2, 0.25) is 0 Å². The van der Waals surface area contributed by atoms with E-state index in [9.17, 15) is 9.50 Å². The highest BCUT2D eigenvalue weighted by Crippen LogP contribution is 2.40. The Balaban J connectivity index is 2.48. The van der Waals surface area contributed by atoms with Crippen LogP contribution in [-0.4, -0.2) is 12.2 Å². The lowest BCUT2D eigenvalue weighted by Gasteiger charge is -2.14. The van der Waals surface area contributed by atoms with Crippen molar-refractivity contribution in [2.75, 3.05) is 7.11 Å². The molecule has 0 aliphatic heterocycles. The van der Waals surface area contributed by atoms with Crippen LogP contribution in [0.25, 0.3) is 0 Å². The Labute approximate surface area is 125 Å². The summed E-state index contributed by atoms with van der Waals surface area (Å²) in [7, 11) is 1.45. The highest BCUT2D eigenvalue weighted by Gasteiger charge is 2.22. The Morgan fingerprint density at radius 2 is 2.11 bits per heavy atom. The summed E-state index contributed by atoms with van der Waals surface area (Å²) in [6.07, 6.45) is -1.05. The molecule has 0 spiro atoms. The number of benzene rings is 1. The fourth-order valence-electron chi connectivity index (χ4n) is 1.60. The van der Waals surface area contributed by atoms with Gasteiger partial charge in [-0.25, -0.2) is 4.39 Å². The van der Waals surface area contributed by atoms with E-state index in [2.05, 4.69) is 31.9 Å². The molecule has 1 unspecified atom stereocenters. The van der Waals surface area contributed by atoms with Crippen LogP contribution in [0.2, 0.25) is 0 Å². The summed E-state index contributed by atoms with van der Waals surface area (Å²) in [5.41, 5.74) is 0.154. The van der Waals surface area contributed by atoms with Crippen LogP contribution in [0.3, 0.4) is 0 Å². The monoisotopic (exact) mass is 394 g/mol. The lowest BCUT2D eigenvalue weighted by atomic mass is 10.1. The summed E-state index contributed by atoms with van der Waals surface area (Å²) in [6, 6.07) is 6.23. The second-order valence-corrected chi connectivity index (χ2v) is 6.78. The van der Waals surface area contributed by atoms with Crippen LogP contribution in [0.5, 0.6) is 5.75 Å². The van der Waals surface area contributed by atoms with Crippen molar-refractivity contribution in [2.24, 2.45) is 0 Å². The van der Waals surface area contributed by atoms with Crippen molar-refractivity contribution in [1.82, 2.24) is 0 Å². The highest BCUT2D eigenvalue weighted by atomic mass is 79.9. The van der Waals surface area contributed by atoms with E-state index in [0.29, 0.717) is 10.6 Å². The average Bonchev–Trinajstić information content (AvgIpc) is 2.68. The predicted molar refractivity (Wildman–Crippen MR) is 76.7 cm³/mol. The molecule has 1 N–H and O–H groups in total. The van der Waals surface area contributed by atoms with E-state index in [4.69, 9.17) is 4.74 Å². The molecule has 0 saturated carbocycles. The van der Waals surface area contributed by atoms with Crippen molar-refractivity contribution in [3.63, 3.8) is 0 Å². The number of aliphatic hydroxyl groups is 1. The van der Waals surface area contributed by atoms with Crippen LogP contribution in [0.4, 0.5) is 4.39 Å². The second-order valence-electron chi connectivity index (χ2n) is 3.53. The Hall–Kier alpha value is -0.430. The van der Waals surface area contributed by atoms with E-state index in [-0.39, 0.29) is 5.56 Å². The molecule has 0 aliphatic rings. The van der Waals surface area contributed by atoms with Gasteiger partial charge in [0.1, 0.15) is 17.7 Å². The summed E-state index contributed by atoms with van der Waals surface area (Å²) in [5.74, 6) is -0.148. The number of rotatable bonds is 3. The van der Waals surface area contributed by atoms with Crippen LogP contribution >= 0.6 is 43.2 Å². The largest absolute Gasteiger partial charge is 0.496 e. The summed E-state index contributed by atoms with van der Waals surface area (Å²) >= 11 is 8.03. The summed E-state index contributed by atoms with van der Waals surface area (Å²) in [5, 5.41) is 10.3. The summed E-state index contributed by atoms with van der Waals surface area (Å²) < 4.78 is 20.6. The third kappa shape index (κ3) is 2.61. The minimum Gasteiger partial charge on any atom is -0.496 e. The maximum absolute atomic E-state index is 13.8. The number of thiophene rings is 1. The van der Waals surface area contributed by atoms with Crippen LogP contribution in [0.15, 0.2) is 32.5 Å². The molecule has 6 heteroatoms. The molecule has 1 heterocycles. The van der Waals surface area contributed by atoms with E-state index in [1.807, 2.05) is 0 Å². The van der Waals surface area contributed by atoms with Crippen LogP contribution in [-0.2, 0) is 0 Å². The van der Waals surface area contributed by atoms with Gasteiger partial charge in [0, 0.05) is 9.35 Å². The molecule has 0 saturated heterocycles. The van der Waals surface area contributed by atoms with Gasteiger partial charge in [0.05, 0.1) is 16.5 Å². The molecule has 0 radical (unpaired) electrons. The van der Waals surface area contributed by atoms with E-state index in [0.717, 1.165) is 8.26 Å². The number of methoxy groups -OCH3 is 1. The molecule has 0 aliphatic carbocycles. The van der Waals surface area contributed by atoms with Crippen molar-refractivity contribution in [2.45, 2.75) is 6.10 Å². The first kappa shape index (κ1) is 14.0. The van der Waals surface area contributed by atoms with Gasteiger partial charge in [-0.05, 0) is 50.1 Å². The molecular weight excluding hydrogens is 387 g/mol. The van der Waals surface area contributed by atoms with Gasteiger partial charge < -0.3 is 9.84 Å². The van der Waals surface area contributed by atoms with Crippen LogP contribution in [0, 0.1) is 5.82 Å². The molecule has 2 aromatic rings. The number of hydrogen-bond acceptors (Lipinski definition) is 3. The molecule has 0 fully saturated rings. The van der Waals surface area contributed by atoms with E-state index < -0.39 is 11.9 Å². The third-order valence-corrected chi connectivity index (χ3v) is 5.75. The van der Waals surface area contributed by atoms with Crippen molar-refractivity contribution in [3.8, 4) is 5.75 Å². The number of ether oxygens (including phenoxy) is 1. The standard InChI is InChI=1S/C12H9Br2FO2S/c1-17-8-4-2-3-7(15)10(8)11(16)9-5-6(13)12(14)18-9/h2-5,11,16H,1H3. The molecule has 96 valence electrons. The van der Waals surface area contributed by atoms with Gasteiger partial charge >= 0.3 is 0 Å².